The third-order valence-electron chi connectivity index (χ3n) is 6.82. The van der Waals surface area contributed by atoms with Gasteiger partial charge in [0.25, 0.3) is 5.91 Å². The van der Waals surface area contributed by atoms with Gasteiger partial charge in [-0.1, -0.05) is 78.9 Å². The molecule has 2 amide bonds. The van der Waals surface area contributed by atoms with Crippen molar-refractivity contribution in [3.05, 3.63) is 102 Å². The second kappa shape index (κ2) is 10.2. The van der Waals surface area contributed by atoms with Crippen LogP contribution >= 0.6 is 0 Å². The highest BCUT2D eigenvalue weighted by Crippen LogP contribution is 2.30. The molecule has 178 valence electrons. The summed E-state index contributed by atoms with van der Waals surface area (Å²) in [6.07, 6.45) is 0.680. The molecule has 0 N–H and O–H groups in total. The van der Waals surface area contributed by atoms with Gasteiger partial charge in [-0.05, 0) is 29.7 Å². The molecule has 0 bridgehead atoms. The van der Waals surface area contributed by atoms with E-state index < -0.39 is 0 Å². The molecule has 1 saturated heterocycles. The Balaban J connectivity index is 1.31. The standard InChI is InChI=1S/C29H30N4O2/c1-22-10-8-9-15-26(22)33-27(34)17-16-25(30-33)29(35)32-20-18-31(19-21-32)28(23-11-4-2-5-12-23)24-13-6-3-7-14-24/h2-15,28H,16-21H2,1H3. The lowest BCUT2D eigenvalue weighted by Crippen LogP contribution is -2.52. The molecule has 35 heavy (non-hydrogen) atoms. The molecule has 0 unspecified atom stereocenters. The summed E-state index contributed by atoms with van der Waals surface area (Å²) < 4.78 is 0. The third-order valence-corrected chi connectivity index (χ3v) is 6.82. The van der Waals surface area contributed by atoms with Crippen LogP contribution in [0.1, 0.15) is 35.6 Å². The van der Waals surface area contributed by atoms with Gasteiger partial charge >= 0.3 is 0 Å². The zero-order valence-electron chi connectivity index (χ0n) is 20.0. The maximum atomic E-state index is 13.4. The van der Waals surface area contributed by atoms with Gasteiger partial charge in [-0.15, -0.1) is 0 Å². The number of para-hydroxylation sites is 1. The van der Waals surface area contributed by atoms with Gasteiger partial charge in [-0.25, -0.2) is 5.01 Å². The molecule has 0 atom stereocenters. The third kappa shape index (κ3) is 4.88. The Bertz CT molecular complexity index is 1180. The lowest BCUT2D eigenvalue weighted by atomic mass is 9.96. The van der Waals surface area contributed by atoms with Crippen LogP contribution in [0.3, 0.4) is 0 Å². The molecule has 0 aliphatic carbocycles. The topological polar surface area (TPSA) is 56.2 Å². The van der Waals surface area contributed by atoms with Crippen molar-refractivity contribution in [2.45, 2.75) is 25.8 Å². The molecule has 6 heteroatoms. The average Bonchev–Trinajstić information content (AvgIpc) is 2.91. The van der Waals surface area contributed by atoms with Crippen molar-refractivity contribution in [3.8, 4) is 0 Å². The van der Waals surface area contributed by atoms with Crippen LogP contribution in [0.2, 0.25) is 0 Å². The second-order valence-corrected chi connectivity index (χ2v) is 9.09. The predicted molar refractivity (Wildman–Crippen MR) is 138 cm³/mol. The maximum absolute atomic E-state index is 13.4. The molecule has 5 rings (SSSR count). The Kier molecular flexibility index (Phi) is 6.73. The van der Waals surface area contributed by atoms with Gasteiger partial charge in [0.1, 0.15) is 5.71 Å². The number of hydrogen-bond donors (Lipinski definition) is 0. The van der Waals surface area contributed by atoms with Gasteiger partial charge < -0.3 is 4.90 Å². The van der Waals surface area contributed by atoms with Gasteiger partial charge in [0.05, 0.1) is 11.7 Å². The molecule has 6 nitrogen and oxygen atoms in total. The highest BCUT2D eigenvalue weighted by Gasteiger charge is 2.32. The number of carbonyl (C=O) groups excluding carboxylic acids is 2. The first-order valence-corrected chi connectivity index (χ1v) is 12.2. The summed E-state index contributed by atoms with van der Waals surface area (Å²) in [7, 11) is 0. The molecule has 2 aliphatic heterocycles. The Morgan fingerprint density at radius 1 is 0.771 bits per heavy atom. The van der Waals surface area contributed by atoms with Crippen LogP contribution in [0, 0.1) is 6.92 Å². The minimum absolute atomic E-state index is 0.0632. The maximum Gasteiger partial charge on any atom is 0.270 e. The van der Waals surface area contributed by atoms with Crippen LogP contribution in [0.4, 0.5) is 5.69 Å². The van der Waals surface area contributed by atoms with Crippen LogP contribution in [-0.2, 0) is 9.59 Å². The number of hydrogen-bond acceptors (Lipinski definition) is 4. The van der Waals surface area contributed by atoms with E-state index in [-0.39, 0.29) is 17.9 Å². The monoisotopic (exact) mass is 466 g/mol. The van der Waals surface area contributed by atoms with Crippen molar-refractivity contribution >= 4 is 23.2 Å². The minimum atomic E-state index is -0.0748. The van der Waals surface area contributed by atoms with Gasteiger partial charge in [0.15, 0.2) is 0 Å². The van der Waals surface area contributed by atoms with Crippen LogP contribution in [0.25, 0.3) is 0 Å². The number of carbonyl (C=O) groups is 2. The lowest BCUT2D eigenvalue weighted by molar-refractivity contribution is -0.126. The molecule has 1 fully saturated rings. The normalized spacial score (nSPS) is 17.0. The van der Waals surface area contributed by atoms with E-state index in [1.807, 2.05) is 48.2 Å². The quantitative estimate of drug-likeness (QED) is 0.560. The SMILES string of the molecule is Cc1ccccc1N1N=C(C(=O)N2CCN(C(c3ccccc3)c3ccccc3)CC2)CCC1=O. The largest absolute Gasteiger partial charge is 0.335 e. The number of piperazine rings is 1. The zero-order valence-corrected chi connectivity index (χ0v) is 20.0. The summed E-state index contributed by atoms with van der Waals surface area (Å²) in [5.74, 6) is -0.138. The van der Waals surface area contributed by atoms with Gasteiger partial charge in [-0.2, -0.15) is 5.10 Å². The number of amides is 2. The predicted octanol–water partition coefficient (Wildman–Crippen LogP) is 4.41. The summed E-state index contributed by atoms with van der Waals surface area (Å²) in [5, 5.41) is 5.92. The molecule has 3 aromatic rings. The van der Waals surface area contributed by atoms with E-state index in [1.165, 1.54) is 16.1 Å². The smallest absolute Gasteiger partial charge is 0.270 e. The van der Waals surface area contributed by atoms with Crippen LogP contribution in [-0.4, -0.2) is 53.5 Å². The Labute approximate surface area is 206 Å². The second-order valence-electron chi connectivity index (χ2n) is 9.09. The van der Waals surface area contributed by atoms with Crippen molar-refractivity contribution in [2.24, 2.45) is 5.10 Å². The van der Waals surface area contributed by atoms with Crippen LogP contribution in [0.5, 0.6) is 0 Å². The Morgan fingerprint density at radius 2 is 1.34 bits per heavy atom. The summed E-state index contributed by atoms with van der Waals surface area (Å²) in [5.41, 5.74) is 4.66. The summed E-state index contributed by atoms with van der Waals surface area (Å²) in [6.45, 7) is 4.75. The number of aryl methyl sites for hydroxylation is 1. The van der Waals surface area contributed by atoms with Crippen molar-refractivity contribution < 1.29 is 9.59 Å². The highest BCUT2D eigenvalue weighted by atomic mass is 16.2. The molecule has 0 radical (unpaired) electrons. The molecule has 2 aliphatic rings. The van der Waals surface area contributed by atoms with Gasteiger partial charge in [-0.3, -0.25) is 14.5 Å². The van der Waals surface area contributed by atoms with Gasteiger partial charge in [0, 0.05) is 39.0 Å². The highest BCUT2D eigenvalue weighted by molar-refractivity contribution is 6.40. The fourth-order valence-corrected chi connectivity index (χ4v) is 4.95. The van der Waals surface area contributed by atoms with Crippen LogP contribution in [0.15, 0.2) is 90.0 Å². The summed E-state index contributed by atoms with van der Waals surface area (Å²) in [6, 6.07) is 28.9. The fraction of sp³-hybridized carbons (Fsp3) is 0.276. The Morgan fingerprint density at radius 3 is 1.94 bits per heavy atom. The Hall–Kier alpha value is -3.77. The van der Waals surface area contributed by atoms with Gasteiger partial charge in [0.2, 0.25) is 5.91 Å². The lowest BCUT2D eigenvalue weighted by Gasteiger charge is -2.40. The van der Waals surface area contributed by atoms with E-state index in [0.29, 0.717) is 31.6 Å². The first-order chi connectivity index (χ1) is 17.1. The van der Waals surface area contributed by atoms with E-state index in [4.69, 9.17) is 0 Å². The number of hydrazone groups is 1. The van der Waals surface area contributed by atoms with Crippen molar-refractivity contribution in [1.82, 2.24) is 9.80 Å². The first kappa shape index (κ1) is 23.0. The number of nitrogens with zero attached hydrogens (tertiary/aromatic N) is 4. The van der Waals surface area contributed by atoms with E-state index in [1.54, 1.807) is 0 Å². The van der Waals surface area contributed by atoms with E-state index in [2.05, 4.69) is 58.5 Å². The molecule has 0 aromatic heterocycles. The van der Waals surface area contributed by atoms with Crippen molar-refractivity contribution in [2.75, 3.05) is 31.2 Å². The summed E-state index contributed by atoms with van der Waals surface area (Å²) >= 11 is 0. The number of rotatable bonds is 5. The fourth-order valence-electron chi connectivity index (χ4n) is 4.95. The van der Waals surface area contributed by atoms with E-state index in [0.717, 1.165) is 24.3 Å². The molecule has 2 heterocycles. The summed E-state index contributed by atoms with van der Waals surface area (Å²) in [4.78, 5) is 30.3. The zero-order chi connectivity index (χ0) is 24.2. The van der Waals surface area contributed by atoms with E-state index in [9.17, 15) is 9.59 Å². The minimum Gasteiger partial charge on any atom is -0.335 e. The molecule has 0 spiro atoms. The van der Waals surface area contributed by atoms with E-state index >= 15 is 0 Å². The van der Waals surface area contributed by atoms with Crippen LogP contribution < -0.4 is 5.01 Å². The molecule has 0 saturated carbocycles. The average molecular weight is 467 g/mol. The molecular formula is C29H30N4O2. The van der Waals surface area contributed by atoms with Crippen molar-refractivity contribution in [3.63, 3.8) is 0 Å². The molecular weight excluding hydrogens is 436 g/mol. The number of benzene rings is 3. The number of anilines is 1. The van der Waals surface area contributed by atoms with Crippen molar-refractivity contribution in [1.29, 1.82) is 0 Å². The first-order valence-electron chi connectivity index (χ1n) is 12.2. The molecule has 3 aromatic carbocycles.